The first-order valence-electron chi connectivity index (χ1n) is 8.69. The zero-order chi connectivity index (χ0) is 17.6. The van der Waals surface area contributed by atoms with Crippen molar-refractivity contribution in [2.24, 2.45) is 0 Å². The lowest BCUT2D eigenvalue weighted by molar-refractivity contribution is -0.131. The van der Waals surface area contributed by atoms with Gasteiger partial charge in [0.05, 0.1) is 0 Å². The van der Waals surface area contributed by atoms with Crippen LogP contribution in [0.5, 0.6) is 0 Å². The quantitative estimate of drug-likeness (QED) is 0.531. The summed E-state index contributed by atoms with van der Waals surface area (Å²) in [5.41, 5.74) is 4.79. The van der Waals surface area contributed by atoms with Crippen LogP contribution in [0, 0.1) is 0 Å². The molecule has 0 amide bonds. The molecule has 0 aliphatic carbocycles. The molecule has 0 aromatic heterocycles. The molecule has 0 radical (unpaired) electrons. The zero-order valence-electron chi connectivity index (χ0n) is 14.4. The molecular formula is C21H24N2O2. The molecule has 3 rings (SSSR count). The maximum Gasteiger partial charge on any atom is 0.328 e. The number of hydrogen-bond donors (Lipinski definition) is 3. The van der Waals surface area contributed by atoms with Crippen LogP contribution in [-0.2, 0) is 11.3 Å². The molecule has 3 N–H and O–H groups in total. The number of anilines is 1. The number of para-hydroxylation sites is 1. The van der Waals surface area contributed by atoms with E-state index >= 15 is 0 Å². The van der Waals surface area contributed by atoms with Gasteiger partial charge in [0, 0.05) is 30.3 Å². The van der Waals surface area contributed by atoms with Crippen LogP contribution in [0.2, 0.25) is 0 Å². The first kappa shape index (κ1) is 17.2. The third-order valence-electron chi connectivity index (χ3n) is 4.71. The number of carboxylic acids is 1. The summed E-state index contributed by atoms with van der Waals surface area (Å²) in [6.45, 7) is 4.03. The van der Waals surface area contributed by atoms with Crippen molar-refractivity contribution in [2.45, 2.75) is 31.8 Å². The second-order valence-corrected chi connectivity index (χ2v) is 6.51. The summed E-state index contributed by atoms with van der Waals surface area (Å²) in [5, 5.41) is 15.7. The molecule has 0 fully saturated rings. The number of fused-ring (bicyclic) bond motifs is 1. The van der Waals surface area contributed by atoms with Crippen LogP contribution in [0.4, 0.5) is 5.69 Å². The number of carboxylic acid groups (broad SMARTS) is 1. The first-order chi connectivity index (χ1) is 12.1. The van der Waals surface area contributed by atoms with Crippen molar-refractivity contribution in [3.8, 4) is 0 Å². The highest BCUT2D eigenvalue weighted by Gasteiger charge is 2.27. The summed E-state index contributed by atoms with van der Waals surface area (Å²) in [7, 11) is 0. The van der Waals surface area contributed by atoms with Crippen LogP contribution < -0.4 is 10.6 Å². The lowest BCUT2D eigenvalue weighted by Crippen LogP contribution is -2.22. The Morgan fingerprint density at radius 2 is 1.96 bits per heavy atom. The van der Waals surface area contributed by atoms with Crippen molar-refractivity contribution >= 4 is 17.7 Å². The fourth-order valence-corrected chi connectivity index (χ4v) is 3.38. The normalized spacial score (nSPS) is 18.9. The lowest BCUT2D eigenvalue weighted by atomic mass is 9.93. The summed E-state index contributed by atoms with van der Waals surface area (Å²) >= 11 is 0. The molecule has 1 aliphatic heterocycles. The van der Waals surface area contributed by atoms with Crippen molar-refractivity contribution in [1.82, 2.24) is 5.32 Å². The van der Waals surface area contributed by atoms with Crippen molar-refractivity contribution in [3.05, 3.63) is 71.3 Å². The van der Waals surface area contributed by atoms with Gasteiger partial charge in [-0.1, -0.05) is 42.5 Å². The number of aliphatic carboxylic acids is 1. The van der Waals surface area contributed by atoms with Gasteiger partial charge in [0.15, 0.2) is 0 Å². The van der Waals surface area contributed by atoms with E-state index in [1.54, 1.807) is 6.08 Å². The minimum absolute atomic E-state index is 0.472. The van der Waals surface area contributed by atoms with E-state index < -0.39 is 5.97 Å². The van der Waals surface area contributed by atoms with E-state index in [1.165, 1.54) is 16.8 Å². The van der Waals surface area contributed by atoms with Gasteiger partial charge in [0.1, 0.15) is 0 Å². The molecule has 0 bridgehead atoms. The van der Waals surface area contributed by atoms with E-state index in [-0.39, 0.29) is 0 Å². The lowest BCUT2D eigenvalue weighted by Gasteiger charge is -2.16. The highest BCUT2D eigenvalue weighted by molar-refractivity contribution is 5.85. The van der Waals surface area contributed by atoms with Gasteiger partial charge in [-0.3, -0.25) is 0 Å². The molecule has 2 aromatic rings. The first-order valence-corrected chi connectivity index (χ1v) is 8.69. The smallest absolute Gasteiger partial charge is 0.328 e. The van der Waals surface area contributed by atoms with Crippen LogP contribution in [0.3, 0.4) is 0 Å². The van der Waals surface area contributed by atoms with E-state index in [9.17, 15) is 4.79 Å². The van der Waals surface area contributed by atoms with Gasteiger partial charge in [0.2, 0.25) is 0 Å². The zero-order valence-corrected chi connectivity index (χ0v) is 14.4. The predicted molar refractivity (Wildman–Crippen MR) is 102 cm³/mol. The molecule has 2 aromatic carbocycles. The topological polar surface area (TPSA) is 61.4 Å². The molecule has 130 valence electrons. The Kier molecular flexibility index (Phi) is 5.51. The average Bonchev–Trinajstić information content (AvgIpc) is 2.93. The molecule has 4 heteroatoms. The highest BCUT2D eigenvalue weighted by Crippen LogP contribution is 2.37. The molecule has 25 heavy (non-hydrogen) atoms. The molecule has 4 nitrogen and oxygen atoms in total. The molecule has 0 saturated carbocycles. The molecule has 0 spiro atoms. The monoisotopic (exact) mass is 336 g/mol. The highest BCUT2D eigenvalue weighted by atomic mass is 16.4. The van der Waals surface area contributed by atoms with Crippen molar-refractivity contribution < 1.29 is 9.90 Å². The Bertz CT molecular complexity index is 753. The fourth-order valence-electron chi connectivity index (χ4n) is 3.38. The minimum Gasteiger partial charge on any atom is -0.478 e. The Labute approximate surface area is 148 Å². The van der Waals surface area contributed by atoms with E-state index in [1.807, 2.05) is 24.3 Å². The van der Waals surface area contributed by atoms with Crippen LogP contribution in [0.25, 0.3) is 6.08 Å². The molecule has 1 heterocycles. The van der Waals surface area contributed by atoms with E-state index in [4.69, 9.17) is 5.11 Å². The third kappa shape index (κ3) is 4.48. The third-order valence-corrected chi connectivity index (χ3v) is 4.71. The van der Waals surface area contributed by atoms with E-state index in [0.717, 1.165) is 31.1 Å². The fraction of sp³-hybridized carbons (Fsp3) is 0.286. The van der Waals surface area contributed by atoms with Gasteiger partial charge in [0.25, 0.3) is 0 Å². The van der Waals surface area contributed by atoms with Crippen molar-refractivity contribution in [3.63, 3.8) is 0 Å². The second kappa shape index (κ2) is 7.99. The summed E-state index contributed by atoms with van der Waals surface area (Å²) in [6, 6.07) is 17.0. The second-order valence-electron chi connectivity index (χ2n) is 6.51. The van der Waals surface area contributed by atoms with Gasteiger partial charge in [-0.05, 0) is 48.7 Å². The standard InChI is InChI=1S/C21H24N2O2/c1-15-18(19-4-2-3-5-20(19)23-15)12-13-22-14-17-8-6-16(7-9-17)10-11-21(24)25/h2-11,15,18,22-23H,12-14H2,1H3,(H,24,25)/b11-10+. The number of rotatable bonds is 7. The SMILES string of the molecule is CC1Nc2ccccc2C1CCNCc1ccc(/C=C/C(=O)O)cc1. The van der Waals surface area contributed by atoms with Gasteiger partial charge in [-0.2, -0.15) is 0 Å². The van der Waals surface area contributed by atoms with Crippen molar-refractivity contribution in [1.29, 1.82) is 0 Å². The molecular weight excluding hydrogens is 312 g/mol. The Morgan fingerprint density at radius 1 is 1.20 bits per heavy atom. The summed E-state index contributed by atoms with van der Waals surface area (Å²) in [4.78, 5) is 10.5. The number of nitrogens with one attached hydrogen (secondary N) is 2. The molecule has 0 saturated heterocycles. The molecule has 2 atom stereocenters. The summed E-state index contributed by atoms with van der Waals surface area (Å²) in [5.74, 6) is -0.379. The van der Waals surface area contributed by atoms with E-state index in [2.05, 4.69) is 41.8 Å². The number of benzene rings is 2. The Balaban J connectivity index is 1.47. The van der Waals surface area contributed by atoms with Gasteiger partial charge in [-0.25, -0.2) is 4.79 Å². The van der Waals surface area contributed by atoms with Gasteiger partial charge >= 0.3 is 5.97 Å². The largest absolute Gasteiger partial charge is 0.478 e. The number of hydrogen-bond acceptors (Lipinski definition) is 3. The Morgan fingerprint density at radius 3 is 2.72 bits per heavy atom. The number of carbonyl (C=O) groups is 1. The minimum atomic E-state index is -0.928. The van der Waals surface area contributed by atoms with Crippen LogP contribution in [0.1, 0.15) is 36.0 Å². The maximum atomic E-state index is 10.5. The average molecular weight is 336 g/mol. The predicted octanol–water partition coefficient (Wildman–Crippen LogP) is 3.86. The van der Waals surface area contributed by atoms with Gasteiger partial charge in [-0.15, -0.1) is 0 Å². The van der Waals surface area contributed by atoms with Crippen molar-refractivity contribution in [2.75, 3.05) is 11.9 Å². The van der Waals surface area contributed by atoms with Crippen LogP contribution in [-0.4, -0.2) is 23.7 Å². The summed E-state index contributed by atoms with van der Waals surface area (Å²) < 4.78 is 0. The van der Waals surface area contributed by atoms with Crippen LogP contribution in [0.15, 0.2) is 54.6 Å². The molecule has 2 unspecified atom stereocenters. The molecule has 1 aliphatic rings. The summed E-state index contributed by atoms with van der Waals surface area (Å²) in [6.07, 6.45) is 3.86. The maximum absolute atomic E-state index is 10.5. The van der Waals surface area contributed by atoms with E-state index in [0.29, 0.717) is 12.0 Å². The van der Waals surface area contributed by atoms with Crippen LogP contribution >= 0.6 is 0 Å². The van der Waals surface area contributed by atoms with Gasteiger partial charge < -0.3 is 15.7 Å². The Hall–Kier alpha value is -2.59.